The normalized spacial score (nSPS) is 33.7. The van der Waals surface area contributed by atoms with Crippen LogP contribution in [-0.4, -0.2) is 45.8 Å². The lowest BCUT2D eigenvalue weighted by atomic mass is 9.88. The summed E-state index contributed by atoms with van der Waals surface area (Å²) in [5.74, 6) is 0.962. The number of aliphatic hydroxyl groups excluding tert-OH is 3. The van der Waals surface area contributed by atoms with Gasteiger partial charge in [-0.05, 0) is 60.6 Å². The fraction of sp³-hybridized carbons (Fsp3) is 0.478. The molecule has 0 amide bonds. The van der Waals surface area contributed by atoms with Crippen LogP contribution < -0.4 is 4.74 Å². The van der Waals surface area contributed by atoms with Crippen molar-refractivity contribution in [1.82, 2.24) is 0 Å². The molecule has 0 radical (unpaired) electrons. The second-order valence-corrected chi connectivity index (χ2v) is 8.54. The molecule has 2 aromatic rings. The molecule has 1 aliphatic heterocycles. The summed E-state index contributed by atoms with van der Waals surface area (Å²) in [6.07, 6.45) is -2.96. The molecule has 1 saturated heterocycles. The number of rotatable bonds is 5. The summed E-state index contributed by atoms with van der Waals surface area (Å²) in [4.78, 5) is 0. The monoisotopic (exact) mass is 418 g/mol. The van der Waals surface area contributed by atoms with Gasteiger partial charge in [0.05, 0.1) is 6.61 Å². The second-order valence-electron chi connectivity index (χ2n) is 8.13. The van der Waals surface area contributed by atoms with Crippen molar-refractivity contribution in [1.29, 1.82) is 0 Å². The van der Waals surface area contributed by atoms with Crippen LogP contribution in [0, 0.1) is 5.92 Å². The van der Waals surface area contributed by atoms with E-state index in [4.69, 9.17) is 21.1 Å². The van der Waals surface area contributed by atoms with Gasteiger partial charge in [0.25, 0.3) is 0 Å². The molecule has 1 heterocycles. The minimum absolute atomic E-state index is 0.137. The van der Waals surface area contributed by atoms with Crippen molar-refractivity contribution >= 4 is 11.6 Å². The maximum Gasteiger partial charge on any atom is 0.119 e. The van der Waals surface area contributed by atoms with Crippen molar-refractivity contribution in [2.24, 2.45) is 5.92 Å². The Morgan fingerprint density at radius 2 is 1.79 bits per heavy atom. The number of aliphatic hydroxyl groups is 3. The lowest BCUT2D eigenvalue weighted by Gasteiger charge is -2.42. The molecule has 4 rings (SSSR count). The molecule has 2 aliphatic rings. The largest absolute Gasteiger partial charge is 0.494 e. The molecule has 29 heavy (non-hydrogen) atoms. The van der Waals surface area contributed by atoms with Gasteiger partial charge in [-0.3, -0.25) is 0 Å². The molecule has 2 fully saturated rings. The summed E-state index contributed by atoms with van der Waals surface area (Å²) in [5, 5.41) is 31.9. The SMILES string of the molecule is CCOc1ccc(Cc2cc([C@@H]3OC4(CC4C)[C@@H](O)[C@H](O)[C@H]3O)ccc2Cl)cc1. The smallest absolute Gasteiger partial charge is 0.119 e. The predicted octanol–water partition coefficient (Wildman–Crippen LogP) is 3.26. The molecule has 1 aliphatic carbocycles. The Morgan fingerprint density at radius 1 is 1.10 bits per heavy atom. The molecule has 6 heteroatoms. The van der Waals surface area contributed by atoms with Crippen LogP contribution in [-0.2, 0) is 11.2 Å². The minimum atomic E-state index is -1.25. The first-order chi connectivity index (χ1) is 13.9. The van der Waals surface area contributed by atoms with Crippen LogP contribution in [0.25, 0.3) is 0 Å². The summed E-state index contributed by atoms with van der Waals surface area (Å²) < 4.78 is 11.6. The number of benzene rings is 2. The average Bonchev–Trinajstić information content (AvgIpc) is 3.37. The number of hydrogen-bond donors (Lipinski definition) is 3. The van der Waals surface area contributed by atoms with Gasteiger partial charge in [-0.15, -0.1) is 0 Å². The Morgan fingerprint density at radius 3 is 2.41 bits per heavy atom. The summed E-state index contributed by atoms with van der Waals surface area (Å²) in [6.45, 7) is 4.55. The van der Waals surface area contributed by atoms with Gasteiger partial charge >= 0.3 is 0 Å². The van der Waals surface area contributed by atoms with Crippen LogP contribution in [0.2, 0.25) is 5.02 Å². The lowest BCUT2D eigenvalue weighted by molar-refractivity contribution is -0.240. The summed E-state index contributed by atoms with van der Waals surface area (Å²) in [5.41, 5.74) is 1.95. The van der Waals surface area contributed by atoms with Gasteiger partial charge in [0.15, 0.2) is 0 Å². The first-order valence-corrected chi connectivity index (χ1v) is 10.5. The van der Waals surface area contributed by atoms with Gasteiger partial charge in [0.2, 0.25) is 0 Å². The Balaban J connectivity index is 1.58. The molecular formula is C23H27ClO5. The van der Waals surface area contributed by atoms with Gasteiger partial charge in [0, 0.05) is 5.02 Å². The third kappa shape index (κ3) is 3.78. The highest BCUT2D eigenvalue weighted by molar-refractivity contribution is 6.31. The highest BCUT2D eigenvalue weighted by atomic mass is 35.5. The summed E-state index contributed by atoms with van der Waals surface area (Å²) in [6, 6.07) is 13.4. The van der Waals surface area contributed by atoms with E-state index in [-0.39, 0.29) is 5.92 Å². The van der Waals surface area contributed by atoms with E-state index < -0.39 is 30.0 Å². The van der Waals surface area contributed by atoms with Gasteiger partial charge in [-0.2, -0.15) is 0 Å². The van der Waals surface area contributed by atoms with E-state index in [0.717, 1.165) is 22.4 Å². The summed E-state index contributed by atoms with van der Waals surface area (Å²) in [7, 11) is 0. The van der Waals surface area contributed by atoms with Crippen LogP contribution in [0.15, 0.2) is 42.5 Å². The van der Waals surface area contributed by atoms with E-state index in [1.54, 1.807) is 6.07 Å². The number of ether oxygens (including phenoxy) is 2. The zero-order chi connectivity index (χ0) is 20.8. The molecular weight excluding hydrogens is 392 g/mol. The molecule has 1 saturated carbocycles. The van der Waals surface area contributed by atoms with Crippen LogP contribution in [0.1, 0.15) is 43.1 Å². The van der Waals surface area contributed by atoms with Crippen molar-refractivity contribution in [3.8, 4) is 5.75 Å². The molecule has 0 aromatic heterocycles. The first-order valence-electron chi connectivity index (χ1n) is 10.1. The molecule has 2 aromatic carbocycles. The molecule has 2 unspecified atom stereocenters. The Bertz CT molecular complexity index is 870. The van der Waals surface area contributed by atoms with Gasteiger partial charge in [-0.1, -0.05) is 42.8 Å². The number of hydrogen-bond acceptors (Lipinski definition) is 5. The van der Waals surface area contributed by atoms with E-state index >= 15 is 0 Å². The second kappa shape index (κ2) is 7.89. The maximum atomic E-state index is 10.6. The van der Waals surface area contributed by atoms with Gasteiger partial charge < -0.3 is 24.8 Å². The molecule has 3 N–H and O–H groups in total. The fourth-order valence-corrected chi connectivity index (χ4v) is 4.47. The van der Waals surface area contributed by atoms with Gasteiger partial charge in [0.1, 0.15) is 35.8 Å². The van der Waals surface area contributed by atoms with E-state index in [1.807, 2.05) is 50.2 Å². The predicted molar refractivity (Wildman–Crippen MR) is 110 cm³/mol. The molecule has 156 valence electrons. The number of halogens is 1. The third-order valence-electron chi connectivity index (χ3n) is 6.16. The highest BCUT2D eigenvalue weighted by Gasteiger charge is 2.65. The topological polar surface area (TPSA) is 79.2 Å². The Hall–Kier alpha value is -1.63. The summed E-state index contributed by atoms with van der Waals surface area (Å²) >= 11 is 6.43. The van der Waals surface area contributed by atoms with Gasteiger partial charge in [-0.25, -0.2) is 0 Å². The standard InChI is InChI=1S/C23H27ClO5/c1-3-28-17-7-4-14(5-8-17)10-16-11-15(6-9-18(16)24)21-19(25)20(26)22(27)23(29-21)12-13(23)2/h4-9,11,13,19-22,25-27H,3,10,12H2,1-2H3/t13?,19-,20-,21+,22+,23?/m1/s1. The third-order valence-corrected chi connectivity index (χ3v) is 6.53. The first kappa shape index (κ1) is 20.6. The van der Waals surface area contributed by atoms with Crippen LogP contribution in [0.4, 0.5) is 0 Å². The van der Waals surface area contributed by atoms with E-state index in [2.05, 4.69) is 0 Å². The van der Waals surface area contributed by atoms with E-state index in [9.17, 15) is 15.3 Å². The molecule has 6 atom stereocenters. The lowest BCUT2D eigenvalue weighted by Crippen LogP contribution is -2.56. The van der Waals surface area contributed by atoms with Crippen molar-refractivity contribution in [2.45, 2.75) is 56.7 Å². The Labute approximate surface area is 175 Å². The molecule has 5 nitrogen and oxygen atoms in total. The van der Waals surface area contributed by atoms with Crippen LogP contribution in [0.5, 0.6) is 5.75 Å². The average molecular weight is 419 g/mol. The molecule has 0 bridgehead atoms. The maximum absolute atomic E-state index is 10.6. The van der Waals surface area contributed by atoms with E-state index in [1.165, 1.54) is 0 Å². The fourth-order valence-electron chi connectivity index (χ4n) is 4.29. The zero-order valence-corrected chi connectivity index (χ0v) is 17.3. The Kier molecular flexibility index (Phi) is 5.62. The minimum Gasteiger partial charge on any atom is -0.494 e. The van der Waals surface area contributed by atoms with Crippen LogP contribution in [0.3, 0.4) is 0 Å². The van der Waals surface area contributed by atoms with Crippen molar-refractivity contribution < 1.29 is 24.8 Å². The highest BCUT2D eigenvalue weighted by Crippen LogP contribution is 2.56. The van der Waals surface area contributed by atoms with Crippen molar-refractivity contribution in [3.05, 3.63) is 64.2 Å². The quantitative estimate of drug-likeness (QED) is 0.694. The van der Waals surface area contributed by atoms with Crippen molar-refractivity contribution in [2.75, 3.05) is 6.61 Å². The zero-order valence-electron chi connectivity index (χ0n) is 16.6. The molecule has 1 spiro atoms. The van der Waals surface area contributed by atoms with Crippen LogP contribution >= 0.6 is 11.6 Å². The van der Waals surface area contributed by atoms with E-state index in [0.29, 0.717) is 24.5 Å². The van der Waals surface area contributed by atoms with Crippen molar-refractivity contribution in [3.63, 3.8) is 0 Å².